The molecule has 0 radical (unpaired) electrons. The lowest BCUT2D eigenvalue weighted by atomic mass is 9.99. The number of aryl methyl sites for hydroxylation is 2. The summed E-state index contributed by atoms with van der Waals surface area (Å²) in [5.41, 5.74) is 4.73. The first-order chi connectivity index (χ1) is 13.1. The predicted molar refractivity (Wildman–Crippen MR) is 109 cm³/mol. The van der Waals surface area contributed by atoms with Gasteiger partial charge in [-0.05, 0) is 55.7 Å². The van der Waals surface area contributed by atoms with Crippen LogP contribution in [0.2, 0.25) is 0 Å². The quantitative estimate of drug-likeness (QED) is 0.658. The Hall–Kier alpha value is -2.27. The summed E-state index contributed by atoms with van der Waals surface area (Å²) in [6, 6.07) is 10.6. The Bertz CT molecular complexity index is 1020. The molecule has 4 nitrogen and oxygen atoms in total. The van der Waals surface area contributed by atoms with Gasteiger partial charge in [-0.15, -0.1) is 16.4 Å². The predicted octanol–water partition coefficient (Wildman–Crippen LogP) is 4.82. The molecule has 0 N–H and O–H groups in total. The van der Waals surface area contributed by atoms with Crippen LogP contribution in [0.1, 0.15) is 63.2 Å². The second-order valence-electron chi connectivity index (χ2n) is 7.86. The van der Waals surface area contributed by atoms with Crippen LogP contribution in [0.5, 0.6) is 0 Å². The van der Waals surface area contributed by atoms with E-state index < -0.39 is 0 Å². The van der Waals surface area contributed by atoms with Gasteiger partial charge in [-0.3, -0.25) is 4.79 Å². The number of rotatable bonds is 3. The normalized spacial score (nSPS) is 19.8. The molecule has 1 saturated carbocycles. The van der Waals surface area contributed by atoms with Gasteiger partial charge in [0.25, 0.3) is 5.91 Å². The van der Waals surface area contributed by atoms with Crippen molar-refractivity contribution in [1.29, 1.82) is 0 Å². The highest BCUT2D eigenvalue weighted by atomic mass is 32.1. The summed E-state index contributed by atoms with van der Waals surface area (Å²) in [7, 11) is 0. The summed E-state index contributed by atoms with van der Waals surface area (Å²) in [5.74, 6) is 1.15. The zero-order valence-corrected chi connectivity index (χ0v) is 16.6. The summed E-state index contributed by atoms with van der Waals surface area (Å²) >= 11 is 1.54. The zero-order chi connectivity index (χ0) is 18.5. The number of thiophene rings is 1. The Kier molecular flexibility index (Phi) is 4.01. The van der Waals surface area contributed by atoms with E-state index in [4.69, 9.17) is 0 Å². The SMILES string of the molecule is Cc1nnc2sc(C(=O)N3CCC(c4ccccc4)C3)c(C3CC3)c2c1C. The fourth-order valence-corrected chi connectivity index (χ4v) is 5.48. The molecule has 0 spiro atoms. The van der Waals surface area contributed by atoms with Crippen molar-refractivity contribution in [3.05, 3.63) is 57.6 Å². The minimum atomic E-state index is 0.190. The van der Waals surface area contributed by atoms with Crippen LogP contribution in [-0.4, -0.2) is 34.1 Å². The topological polar surface area (TPSA) is 46.1 Å². The average molecular weight is 378 g/mol. The Morgan fingerprint density at radius 2 is 1.85 bits per heavy atom. The fraction of sp³-hybridized carbons (Fsp3) is 0.409. The number of aromatic nitrogens is 2. The summed E-state index contributed by atoms with van der Waals surface area (Å²) in [4.78, 5) is 17.3. The Labute approximate surface area is 163 Å². The Morgan fingerprint density at radius 1 is 1.07 bits per heavy atom. The largest absolute Gasteiger partial charge is 0.337 e. The van der Waals surface area contributed by atoms with Gasteiger partial charge in [0.05, 0.1) is 10.6 Å². The molecule has 2 aromatic heterocycles. The molecule has 2 fully saturated rings. The molecule has 0 bridgehead atoms. The molecular formula is C22H23N3OS. The van der Waals surface area contributed by atoms with Crippen molar-refractivity contribution in [1.82, 2.24) is 15.1 Å². The minimum Gasteiger partial charge on any atom is -0.337 e. The van der Waals surface area contributed by atoms with Crippen molar-refractivity contribution < 1.29 is 4.79 Å². The highest BCUT2D eigenvalue weighted by Gasteiger charge is 2.36. The fourth-order valence-electron chi connectivity index (χ4n) is 4.25. The van der Waals surface area contributed by atoms with Crippen molar-refractivity contribution in [2.24, 2.45) is 0 Å². The van der Waals surface area contributed by atoms with Crippen LogP contribution in [0, 0.1) is 13.8 Å². The van der Waals surface area contributed by atoms with Crippen LogP contribution in [0.15, 0.2) is 30.3 Å². The maximum absolute atomic E-state index is 13.4. The van der Waals surface area contributed by atoms with Crippen molar-refractivity contribution in [3.8, 4) is 0 Å². The van der Waals surface area contributed by atoms with E-state index in [-0.39, 0.29) is 5.91 Å². The lowest BCUT2D eigenvalue weighted by Gasteiger charge is -2.17. The average Bonchev–Trinajstić information content (AvgIpc) is 3.27. The monoisotopic (exact) mass is 377 g/mol. The van der Waals surface area contributed by atoms with Crippen LogP contribution in [0.3, 0.4) is 0 Å². The number of carbonyl (C=O) groups is 1. The van der Waals surface area contributed by atoms with E-state index in [1.165, 1.54) is 34.9 Å². The number of carbonyl (C=O) groups excluding carboxylic acids is 1. The number of benzene rings is 1. The standard InChI is InChI=1S/C22H23N3OS/c1-13-14(2)23-24-21-18(13)19(16-8-9-16)20(27-21)22(26)25-11-10-17(12-25)15-6-4-3-5-7-15/h3-7,16-17H,8-12H2,1-2H3. The third-order valence-corrected chi connectivity index (χ3v) is 7.14. The third-order valence-electron chi connectivity index (χ3n) is 6.06. The second-order valence-corrected chi connectivity index (χ2v) is 8.86. The highest BCUT2D eigenvalue weighted by Crippen LogP contribution is 2.49. The van der Waals surface area contributed by atoms with E-state index >= 15 is 0 Å². The van der Waals surface area contributed by atoms with Crippen molar-refractivity contribution in [2.45, 2.75) is 44.9 Å². The lowest BCUT2D eigenvalue weighted by molar-refractivity contribution is 0.0794. The second kappa shape index (κ2) is 6.41. The van der Waals surface area contributed by atoms with Crippen LogP contribution in [0.4, 0.5) is 0 Å². The van der Waals surface area contributed by atoms with Gasteiger partial charge in [0, 0.05) is 24.4 Å². The summed E-state index contributed by atoms with van der Waals surface area (Å²) in [5, 5.41) is 9.88. The summed E-state index contributed by atoms with van der Waals surface area (Å²) in [6.45, 7) is 5.76. The maximum Gasteiger partial charge on any atom is 0.264 e. The number of hydrogen-bond donors (Lipinski definition) is 0. The molecule has 1 aliphatic carbocycles. The lowest BCUT2D eigenvalue weighted by Crippen LogP contribution is -2.28. The van der Waals surface area contributed by atoms with Gasteiger partial charge in [0.1, 0.15) is 4.83 Å². The molecule has 5 rings (SSSR count). The van der Waals surface area contributed by atoms with Gasteiger partial charge in [0.15, 0.2) is 0 Å². The van der Waals surface area contributed by atoms with Crippen molar-refractivity contribution in [3.63, 3.8) is 0 Å². The van der Waals surface area contributed by atoms with Crippen molar-refractivity contribution in [2.75, 3.05) is 13.1 Å². The molecular weight excluding hydrogens is 354 g/mol. The molecule has 3 aromatic rings. The van der Waals surface area contributed by atoms with Gasteiger partial charge >= 0.3 is 0 Å². The van der Waals surface area contributed by atoms with E-state index in [0.717, 1.165) is 34.9 Å². The molecule has 1 amide bonds. The molecule has 3 heterocycles. The third kappa shape index (κ3) is 2.85. The van der Waals surface area contributed by atoms with Gasteiger partial charge in [-0.25, -0.2) is 0 Å². The number of fused-ring (bicyclic) bond motifs is 1. The first kappa shape index (κ1) is 16.9. The van der Waals surface area contributed by atoms with Gasteiger partial charge < -0.3 is 4.90 Å². The minimum absolute atomic E-state index is 0.190. The summed E-state index contributed by atoms with van der Waals surface area (Å²) < 4.78 is 0. The van der Waals surface area contributed by atoms with Gasteiger partial charge in [-0.2, -0.15) is 5.10 Å². The number of nitrogens with zero attached hydrogens (tertiary/aromatic N) is 3. The zero-order valence-electron chi connectivity index (χ0n) is 15.7. The van der Waals surface area contributed by atoms with Crippen LogP contribution >= 0.6 is 11.3 Å². The van der Waals surface area contributed by atoms with E-state index in [9.17, 15) is 4.79 Å². The van der Waals surface area contributed by atoms with E-state index in [1.54, 1.807) is 11.3 Å². The highest BCUT2D eigenvalue weighted by molar-refractivity contribution is 7.20. The first-order valence-corrected chi connectivity index (χ1v) is 10.6. The Balaban J connectivity index is 1.50. The number of likely N-dealkylation sites (tertiary alicyclic amines) is 1. The molecule has 1 saturated heterocycles. The molecule has 2 aliphatic rings. The van der Waals surface area contributed by atoms with Crippen LogP contribution < -0.4 is 0 Å². The van der Waals surface area contributed by atoms with Crippen molar-refractivity contribution >= 4 is 27.5 Å². The van der Waals surface area contributed by atoms with E-state index in [1.807, 2.05) is 17.9 Å². The Morgan fingerprint density at radius 3 is 2.59 bits per heavy atom. The molecule has 1 atom stereocenters. The van der Waals surface area contributed by atoms with Gasteiger partial charge in [-0.1, -0.05) is 30.3 Å². The maximum atomic E-state index is 13.4. The van der Waals surface area contributed by atoms with E-state index in [2.05, 4.69) is 41.4 Å². The van der Waals surface area contributed by atoms with Crippen LogP contribution in [0.25, 0.3) is 10.2 Å². The molecule has 1 unspecified atom stereocenters. The molecule has 138 valence electrons. The molecule has 1 aliphatic heterocycles. The first-order valence-electron chi connectivity index (χ1n) is 9.74. The number of amides is 1. The van der Waals surface area contributed by atoms with E-state index in [0.29, 0.717) is 11.8 Å². The molecule has 5 heteroatoms. The number of hydrogen-bond acceptors (Lipinski definition) is 4. The molecule has 27 heavy (non-hydrogen) atoms. The summed E-state index contributed by atoms with van der Waals surface area (Å²) in [6.07, 6.45) is 3.40. The smallest absolute Gasteiger partial charge is 0.264 e. The molecule has 1 aromatic carbocycles. The van der Waals surface area contributed by atoms with Gasteiger partial charge in [0.2, 0.25) is 0 Å². The van der Waals surface area contributed by atoms with Crippen LogP contribution in [-0.2, 0) is 0 Å².